The second-order valence-electron chi connectivity index (χ2n) is 7.56. The predicted molar refractivity (Wildman–Crippen MR) is 97.4 cm³/mol. The third-order valence-corrected chi connectivity index (χ3v) is 5.37. The van der Waals surface area contributed by atoms with E-state index in [4.69, 9.17) is 0 Å². The number of carbonyl (C=O) groups excluding carboxylic acids is 1. The van der Waals surface area contributed by atoms with Crippen LogP contribution in [0.5, 0.6) is 0 Å². The van der Waals surface area contributed by atoms with Gasteiger partial charge in [-0.3, -0.25) is 19.7 Å². The van der Waals surface area contributed by atoms with E-state index in [1.54, 1.807) is 9.80 Å². The van der Waals surface area contributed by atoms with E-state index in [1.807, 2.05) is 14.1 Å². The molecule has 0 saturated heterocycles. The van der Waals surface area contributed by atoms with E-state index in [2.05, 4.69) is 27.1 Å². The van der Waals surface area contributed by atoms with Crippen LogP contribution >= 0.6 is 0 Å². The number of hydrogen-bond acceptors (Lipinski definition) is 5. The molecule has 0 spiro atoms. The van der Waals surface area contributed by atoms with Gasteiger partial charge in [-0.15, -0.1) is 0 Å². The van der Waals surface area contributed by atoms with Crippen LogP contribution in [0.3, 0.4) is 0 Å². The first-order valence-electron chi connectivity index (χ1n) is 9.08. The zero-order valence-electron chi connectivity index (χ0n) is 15.4. The summed E-state index contributed by atoms with van der Waals surface area (Å²) in [5.41, 5.74) is 3.93. The molecule has 8 nitrogen and oxygen atoms in total. The lowest BCUT2D eigenvalue weighted by atomic mass is 9.87. The number of fused-ring (bicyclic) bond motifs is 2. The minimum absolute atomic E-state index is 0.0734. The summed E-state index contributed by atoms with van der Waals surface area (Å²) in [5.74, 6) is 1.00. The molecular weight excluding hydrogens is 332 g/mol. The number of aromatic amines is 2. The monoisotopic (exact) mass is 356 g/mol. The normalized spacial score (nSPS) is 19.0. The molecule has 2 aromatic rings. The number of carbonyl (C=O) groups is 1. The van der Waals surface area contributed by atoms with Crippen LogP contribution in [-0.4, -0.2) is 51.6 Å². The van der Waals surface area contributed by atoms with Gasteiger partial charge in [0.2, 0.25) is 5.95 Å². The number of nitrogens with zero attached hydrogens (tertiary/aromatic N) is 4. The van der Waals surface area contributed by atoms with Crippen molar-refractivity contribution in [3.8, 4) is 0 Å². The summed E-state index contributed by atoms with van der Waals surface area (Å²) >= 11 is 0. The van der Waals surface area contributed by atoms with Gasteiger partial charge in [0.25, 0.3) is 11.5 Å². The van der Waals surface area contributed by atoms with Crippen LogP contribution in [0.15, 0.2) is 4.79 Å². The Kier molecular flexibility index (Phi) is 4.05. The zero-order chi connectivity index (χ0) is 18.4. The van der Waals surface area contributed by atoms with Crippen molar-refractivity contribution in [3.05, 3.63) is 38.6 Å². The lowest BCUT2D eigenvalue weighted by molar-refractivity contribution is 0.0724. The van der Waals surface area contributed by atoms with Gasteiger partial charge in [0.1, 0.15) is 0 Å². The number of hydrogen-bond donors (Lipinski definition) is 2. The Morgan fingerprint density at radius 2 is 2.08 bits per heavy atom. The fourth-order valence-corrected chi connectivity index (χ4v) is 3.81. The molecule has 1 aliphatic carbocycles. The lowest BCUT2D eigenvalue weighted by Gasteiger charge is -2.28. The van der Waals surface area contributed by atoms with E-state index < -0.39 is 0 Å². The van der Waals surface area contributed by atoms with Crippen LogP contribution in [0.2, 0.25) is 0 Å². The van der Waals surface area contributed by atoms with Crippen molar-refractivity contribution >= 4 is 11.9 Å². The van der Waals surface area contributed by atoms with E-state index in [1.165, 1.54) is 0 Å². The first-order valence-corrected chi connectivity index (χ1v) is 9.08. The van der Waals surface area contributed by atoms with Crippen molar-refractivity contribution in [1.82, 2.24) is 25.1 Å². The van der Waals surface area contributed by atoms with Gasteiger partial charge in [0.15, 0.2) is 5.69 Å². The zero-order valence-corrected chi connectivity index (χ0v) is 15.4. The van der Waals surface area contributed by atoms with Crippen LogP contribution < -0.4 is 10.5 Å². The summed E-state index contributed by atoms with van der Waals surface area (Å²) in [6.07, 6.45) is 3.48. The van der Waals surface area contributed by atoms with Gasteiger partial charge in [-0.2, -0.15) is 5.10 Å². The van der Waals surface area contributed by atoms with Gasteiger partial charge in [-0.1, -0.05) is 6.92 Å². The molecule has 3 heterocycles. The minimum Gasteiger partial charge on any atom is -0.348 e. The molecular formula is C18H24N6O2. The van der Waals surface area contributed by atoms with Crippen molar-refractivity contribution in [1.29, 1.82) is 0 Å². The number of H-pyrrole nitrogens is 2. The largest absolute Gasteiger partial charge is 0.348 e. The fraction of sp³-hybridized carbons (Fsp3) is 0.556. The van der Waals surface area contributed by atoms with E-state index in [0.29, 0.717) is 48.3 Å². The van der Waals surface area contributed by atoms with Crippen molar-refractivity contribution < 1.29 is 4.79 Å². The molecule has 8 heteroatoms. The highest BCUT2D eigenvalue weighted by molar-refractivity contribution is 5.94. The molecule has 0 fully saturated rings. The van der Waals surface area contributed by atoms with Crippen LogP contribution in [0, 0.1) is 5.92 Å². The number of anilines is 1. The smallest absolute Gasteiger partial charge is 0.275 e. The van der Waals surface area contributed by atoms with Gasteiger partial charge in [-0.25, -0.2) is 4.98 Å². The minimum atomic E-state index is -0.114. The molecule has 26 heavy (non-hydrogen) atoms. The van der Waals surface area contributed by atoms with Gasteiger partial charge in [0.05, 0.1) is 12.2 Å². The summed E-state index contributed by atoms with van der Waals surface area (Å²) in [6.45, 7) is 3.06. The Labute approximate surface area is 151 Å². The summed E-state index contributed by atoms with van der Waals surface area (Å²) in [7, 11) is 3.65. The van der Waals surface area contributed by atoms with Crippen molar-refractivity contribution in [2.45, 2.75) is 39.2 Å². The number of nitrogens with one attached hydrogen (secondary N) is 2. The molecule has 138 valence electrons. The Balaban J connectivity index is 1.62. The molecule has 1 aliphatic heterocycles. The molecule has 0 bridgehead atoms. The average molecular weight is 356 g/mol. The van der Waals surface area contributed by atoms with Gasteiger partial charge < -0.3 is 9.80 Å². The molecule has 0 radical (unpaired) electrons. The van der Waals surface area contributed by atoms with Crippen molar-refractivity contribution in [2.24, 2.45) is 5.92 Å². The number of rotatable bonds is 2. The summed E-state index contributed by atoms with van der Waals surface area (Å²) in [6, 6.07) is 0. The Morgan fingerprint density at radius 1 is 1.27 bits per heavy atom. The average Bonchev–Trinajstić information content (AvgIpc) is 3.03. The fourth-order valence-electron chi connectivity index (χ4n) is 3.81. The number of aryl methyl sites for hydroxylation is 1. The van der Waals surface area contributed by atoms with E-state index >= 15 is 0 Å². The van der Waals surface area contributed by atoms with Crippen LogP contribution in [0.4, 0.5) is 5.95 Å². The molecule has 1 atom stereocenters. The Morgan fingerprint density at radius 3 is 2.85 bits per heavy atom. The van der Waals surface area contributed by atoms with Crippen molar-refractivity contribution in [3.63, 3.8) is 0 Å². The maximum absolute atomic E-state index is 13.1. The second kappa shape index (κ2) is 6.26. The van der Waals surface area contributed by atoms with Gasteiger partial charge in [0, 0.05) is 37.5 Å². The molecule has 0 unspecified atom stereocenters. The highest BCUT2D eigenvalue weighted by Gasteiger charge is 2.30. The van der Waals surface area contributed by atoms with Gasteiger partial charge >= 0.3 is 0 Å². The second-order valence-corrected chi connectivity index (χ2v) is 7.56. The van der Waals surface area contributed by atoms with Crippen LogP contribution in [0.25, 0.3) is 0 Å². The standard InChI is InChI=1S/C18H24N6O2/c1-10-4-5-13-12(8-10)15(22-21-13)17(26)24-7-6-11-14(9-24)19-18(23(2)3)20-16(11)25/h10H,4-9H2,1-3H3,(H,21,22)(H,19,20,25)/t10-/m0/s1. The SMILES string of the molecule is C[C@H]1CCc2[nH]nc(C(=O)N3CCc4c(nc(N(C)C)[nH]c4=O)C3)c2C1. The van der Waals surface area contributed by atoms with Gasteiger partial charge in [-0.05, 0) is 31.6 Å². The molecule has 2 aromatic heterocycles. The lowest BCUT2D eigenvalue weighted by Crippen LogP contribution is -2.40. The molecule has 1 amide bonds. The van der Waals surface area contributed by atoms with Crippen LogP contribution in [-0.2, 0) is 25.8 Å². The van der Waals surface area contributed by atoms with E-state index in [-0.39, 0.29) is 11.5 Å². The van der Waals surface area contributed by atoms with Crippen LogP contribution in [0.1, 0.15) is 46.3 Å². The molecule has 4 rings (SSSR count). The summed E-state index contributed by atoms with van der Waals surface area (Å²) in [4.78, 5) is 36.2. The van der Waals surface area contributed by atoms with E-state index in [9.17, 15) is 9.59 Å². The third kappa shape index (κ3) is 2.79. The highest BCUT2D eigenvalue weighted by Crippen LogP contribution is 2.27. The topological polar surface area (TPSA) is 98.0 Å². The maximum atomic E-state index is 13.1. The Bertz CT molecular complexity index is 913. The predicted octanol–water partition coefficient (Wildman–Crippen LogP) is 0.882. The summed E-state index contributed by atoms with van der Waals surface area (Å²) in [5, 5.41) is 7.36. The molecule has 2 aliphatic rings. The van der Waals surface area contributed by atoms with Crippen molar-refractivity contribution in [2.75, 3.05) is 25.5 Å². The highest BCUT2D eigenvalue weighted by atomic mass is 16.2. The molecule has 0 saturated carbocycles. The Hall–Kier alpha value is -2.64. The van der Waals surface area contributed by atoms with E-state index in [0.717, 1.165) is 30.5 Å². The first-order chi connectivity index (χ1) is 12.4. The number of aromatic nitrogens is 4. The summed E-state index contributed by atoms with van der Waals surface area (Å²) < 4.78 is 0. The third-order valence-electron chi connectivity index (χ3n) is 5.37. The first kappa shape index (κ1) is 16.8. The quantitative estimate of drug-likeness (QED) is 0.832. The number of amides is 1. The molecule has 2 N–H and O–H groups in total. The molecule has 0 aromatic carbocycles. The maximum Gasteiger partial charge on any atom is 0.275 e.